The third-order valence-electron chi connectivity index (χ3n) is 5.05. The van der Waals surface area contributed by atoms with Gasteiger partial charge in [-0.05, 0) is 30.9 Å². The number of likely N-dealkylation sites (N-methyl/N-ethyl adjacent to an activating group) is 1. The van der Waals surface area contributed by atoms with Crippen molar-refractivity contribution in [3.8, 4) is 0 Å². The van der Waals surface area contributed by atoms with E-state index in [0.717, 1.165) is 18.8 Å². The third-order valence-corrected chi connectivity index (χ3v) is 5.05. The summed E-state index contributed by atoms with van der Waals surface area (Å²) in [6.07, 6.45) is 3.28. The van der Waals surface area contributed by atoms with E-state index in [1.54, 1.807) is 11.1 Å². The largest absolute Gasteiger partial charge is 0.368 e. The molecule has 3 atom stereocenters. The molecule has 3 unspecified atom stereocenters. The van der Waals surface area contributed by atoms with E-state index in [4.69, 9.17) is 5.73 Å². The van der Waals surface area contributed by atoms with Crippen LogP contribution in [0.1, 0.15) is 19.8 Å². The number of piperidine rings is 1. The minimum absolute atomic E-state index is 0.0428. The second-order valence-corrected chi connectivity index (χ2v) is 6.86. The first kappa shape index (κ1) is 16.7. The molecule has 0 saturated carbocycles. The number of nitrogens with zero attached hydrogens (tertiary/aromatic N) is 4. The predicted octanol–water partition coefficient (Wildman–Crippen LogP) is 0.272. The van der Waals surface area contributed by atoms with Crippen molar-refractivity contribution < 1.29 is 9.59 Å². The van der Waals surface area contributed by atoms with Gasteiger partial charge in [0.05, 0.1) is 12.7 Å². The van der Waals surface area contributed by atoms with Crippen LogP contribution >= 0.6 is 0 Å². The molecule has 0 spiro atoms. The van der Waals surface area contributed by atoms with E-state index in [-0.39, 0.29) is 18.0 Å². The maximum Gasteiger partial charge on any atom is 0.240 e. The molecule has 2 aliphatic heterocycles. The van der Waals surface area contributed by atoms with Crippen LogP contribution in [-0.2, 0) is 9.59 Å². The van der Waals surface area contributed by atoms with Crippen molar-refractivity contribution >= 4 is 17.6 Å². The van der Waals surface area contributed by atoms with Crippen LogP contribution in [0.2, 0.25) is 0 Å². The Morgan fingerprint density at radius 3 is 2.71 bits per heavy atom. The lowest BCUT2D eigenvalue weighted by Crippen LogP contribution is -2.64. The van der Waals surface area contributed by atoms with Gasteiger partial charge in [-0.1, -0.05) is 13.0 Å². The molecular formula is C17H25N5O2. The molecule has 3 rings (SSSR count). The van der Waals surface area contributed by atoms with Crippen molar-refractivity contribution in [2.75, 3.05) is 31.6 Å². The van der Waals surface area contributed by atoms with Crippen molar-refractivity contribution in [1.82, 2.24) is 14.8 Å². The Bertz CT molecular complexity index is 608. The summed E-state index contributed by atoms with van der Waals surface area (Å²) in [7, 11) is 1.83. The number of hydrogen-bond acceptors (Lipinski definition) is 5. The molecule has 2 amide bonds. The molecule has 0 bridgehead atoms. The summed E-state index contributed by atoms with van der Waals surface area (Å²) in [4.78, 5) is 34.6. The third kappa shape index (κ3) is 3.21. The first-order valence-electron chi connectivity index (χ1n) is 8.44. The first-order valence-corrected chi connectivity index (χ1v) is 8.44. The fourth-order valence-electron chi connectivity index (χ4n) is 3.70. The van der Waals surface area contributed by atoms with Crippen LogP contribution in [0.5, 0.6) is 0 Å². The summed E-state index contributed by atoms with van der Waals surface area (Å²) >= 11 is 0. The van der Waals surface area contributed by atoms with Crippen molar-refractivity contribution in [3.63, 3.8) is 0 Å². The quantitative estimate of drug-likeness (QED) is 0.860. The number of piperazine rings is 1. The lowest BCUT2D eigenvalue weighted by Gasteiger charge is -2.49. The van der Waals surface area contributed by atoms with Gasteiger partial charge in [-0.3, -0.25) is 14.5 Å². The van der Waals surface area contributed by atoms with Crippen LogP contribution in [0.15, 0.2) is 24.4 Å². The molecule has 24 heavy (non-hydrogen) atoms. The van der Waals surface area contributed by atoms with E-state index >= 15 is 0 Å². The van der Waals surface area contributed by atoms with Gasteiger partial charge in [0, 0.05) is 26.3 Å². The van der Waals surface area contributed by atoms with E-state index in [1.807, 2.05) is 30.1 Å². The zero-order chi connectivity index (χ0) is 17.3. The summed E-state index contributed by atoms with van der Waals surface area (Å²) in [6.45, 7) is 3.98. The van der Waals surface area contributed by atoms with Gasteiger partial charge in [-0.2, -0.15) is 0 Å². The molecule has 7 nitrogen and oxygen atoms in total. The van der Waals surface area contributed by atoms with Crippen LogP contribution in [0.3, 0.4) is 0 Å². The highest BCUT2D eigenvalue weighted by atomic mass is 16.2. The number of primary amides is 1. The molecule has 1 aromatic rings. The van der Waals surface area contributed by atoms with E-state index in [1.165, 1.54) is 0 Å². The second kappa shape index (κ2) is 6.76. The summed E-state index contributed by atoms with van der Waals surface area (Å²) in [6, 6.07) is 5.26. The molecule has 0 aromatic carbocycles. The van der Waals surface area contributed by atoms with Crippen LogP contribution in [-0.4, -0.2) is 65.5 Å². The normalized spacial score (nSPS) is 28.9. The number of carbonyl (C=O) groups excluding carboxylic acids is 2. The number of nitrogens with two attached hydrogens (primary N) is 1. The lowest BCUT2D eigenvalue weighted by atomic mass is 9.89. The number of aromatic nitrogens is 1. The molecule has 2 N–H and O–H groups in total. The number of pyridine rings is 1. The minimum Gasteiger partial charge on any atom is -0.368 e. The molecule has 3 heterocycles. The van der Waals surface area contributed by atoms with E-state index in [2.05, 4.69) is 16.8 Å². The average molecular weight is 331 g/mol. The SMILES string of the molecule is CC1CC(C(N)=O)N(c2ccccn2)C(N2CCN(C)C(=O)C2)C1. The molecular weight excluding hydrogens is 306 g/mol. The number of amides is 2. The molecule has 2 aliphatic rings. The Balaban J connectivity index is 1.93. The van der Waals surface area contributed by atoms with Gasteiger partial charge in [0.2, 0.25) is 11.8 Å². The number of hydrogen-bond donors (Lipinski definition) is 1. The second-order valence-electron chi connectivity index (χ2n) is 6.86. The first-order chi connectivity index (χ1) is 11.5. The van der Waals surface area contributed by atoms with Gasteiger partial charge in [-0.15, -0.1) is 0 Å². The monoisotopic (exact) mass is 331 g/mol. The van der Waals surface area contributed by atoms with Crippen molar-refractivity contribution in [1.29, 1.82) is 0 Å². The molecule has 1 aromatic heterocycles. The van der Waals surface area contributed by atoms with E-state index in [9.17, 15) is 9.59 Å². The van der Waals surface area contributed by atoms with Crippen LogP contribution < -0.4 is 10.6 Å². The predicted molar refractivity (Wildman–Crippen MR) is 91.1 cm³/mol. The Morgan fingerprint density at radius 2 is 2.08 bits per heavy atom. The van der Waals surface area contributed by atoms with Gasteiger partial charge < -0.3 is 15.5 Å². The average Bonchev–Trinajstić information content (AvgIpc) is 2.57. The van der Waals surface area contributed by atoms with Crippen LogP contribution in [0, 0.1) is 5.92 Å². The highest BCUT2D eigenvalue weighted by Gasteiger charge is 2.41. The Hall–Kier alpha value is -2.15. The van der Waals surface area contributed by atoms with E-state index in [0.29, 0.717) is 25.4 Å². The van der Waals surface area contributed by atoms with Crippen molar-refractivity contribution in [2.45, 2.75) is 32.0 Å². The molecule has 0 aliphatic carbocycles. The highest BCUT2D eigenvalue weighted by Crippen LogP contribution is 2.33. The van der Waals surface area contributed by atoms with Crippen molar-refractivity contribution in [2.24, 2.45) is 11.7 Å². The molecule has 0 radical (unpaired) electrons. The van der Waals surface area contributed by atoms with Gasteiger partial charge in [0.15, 0.2) is 0 Å². The zero-order valence-corrected chi connectivity index (χ0v) is 14.3. The molecule has 2 saturated heterocycles. The topological polar surface area (TPSA) is 82.8 Å². The van der Waals surface area contributed by atoms with Gasteiger partial charge in [0.25, 0.3) is 0 Å². The molecule has 2 fully saturated rings. The summed E-state index contributed by atoms with van der Waals surface area (Å²) in [5.74, 6) is 0.875. The zero-order valence-electron chi connectivity index (χ0n) is 14.3. The van der Waals surface area contributed by atoms with Gasteiger partial charge >= 0.3 is 0 Å². The maximum atomic E-state index is 12.1. The summed E-state index contributed by atoms with van der Waals surface area (Å²) in [5, 5.41) is 0. The van der Waals surface area contributed by atoms with Gasteiger partial charge in [0.1, 0.15) is 11.9 Å². The standard InChI is InChI=1S/C17H25N5O2/c1-12-9-13(17(18)24)22(14-5-3-4-6-19-14)15(10-12)21-8-7-20(2)16(23)11-21/h3-6,12-13,15H,7-11H2,1-2H3,(H2,18,24). The summed E-state index contributed by atoms with van der Waals surface area (Å²) in [5.41, 5.74) is 5.70. The minimum atomic E-state index is -0.400. The summed E-state index contributed by atoms with van der Waals surface area (Å²) < 4.78 is 0. The fraction of sp³-hybridized carbons (Fsp3) is 0.588. The number of rotatable bonds is 3. The molecule has 130 valence electrons. The maximum absolute atomic E-state index is 12.1. The van der Waals surface area contributed by atoms with Crippen molar-refractivity contribution in [3.05, 3.63) is 24.4 Å². The van der Waals surface area contributed by atoms with Crippen LogP contribution in [0.4, 0.5) is 5.82 Å². The number of carbonyl (C=O) groups is 2. The lowest BCUT2D eigenvalue weighted by molar-refractivity contribution is -0.136. The number of anilines is 1. The Labute approximate surface area is 142 Å². The molecule has 7 heteroatoms. The fourth-order valence-corrected chi connectivity index (χ4v) is 3.70. The smallest absolute Gasteiger partial charge is 0.240 e. The van der Waals surface area contributed by atoms with Gasteiger partial charge in [-0.25, -0.2) is 4.98 Å². The Kier molecular flexibility index (Phi) is 4.71. The highest BCUT2D eigenvalue weighted by molar-refractivity contribution is 5.84. The van der Waals surface area contributed by atoms with Crippen LogP contribution in [0.25, 0.3) is 0 Å². The Morgan fingerprint density at radius 1 is 1.29 bits per heavy atom. The van der Waals surface area contributed by atoms with E-state index < -0.39 is 6.04 Å².